The minimum Gasteiger partial charge on any atom is -0.465 e. The van der Waals surface area contributed by atoms with Crippen molar-refractivity contribution in [1.29, 1.82) is 0 Å². The molecule has 0 spiro atoms. The second-order valence-electron chi connectivity index (χ2n) is 9.38. The number of esters is 1. The van der Waals surface area contributed by atoms with Crippen molar-refractivity contribution in [2.45, 2.75) is 31.3 Å². The van der Waals surface area contributed by atoms with Crippen LogP contribution >= 0.6 is 11.3 Å². The highest BCUT2D eigenvalue weighted by molar-refractivity contribution is 7.14. The zero-order chi connectivity index (χ0) is 29.2. The molecule has 1 unspecified atom stereocenters. The van der Waals surface area contributed by atoms with E-state index < -0.39 is 35.9 Å². The monoisotopic (exact) mass is 589 g/mol. The number of carbonyl (C=O) groups excluding carboxylic acids is 4. The fourth-order valence-corrected chi connectivity index (χ4v) is 5.35. The minimum atomic E-state index is -1.30. The summed E-state index contributed by atoms with van der Waals surface area (Å²) in [5.41, 5.74) is 2.60. The van der Waals surface area contributed by atoms with E-state index in [1.807, 2.05) is 18.2 Å². The molecule has 2 aromatic heterocycles. The number of hydrogen-bond acceptors (Lipinski definition) is 11. The SMILES string of the molecule is COC(=O)c1csc(NC(=O)[C@H](Cc2ccc3ocnc3c2)N2C(=O)NC(C3=COC=C(C4=CC=CCC4)O3)C2=O)n1. The van der Waals surface area contributed by atoms with Crippen molar-refractivity contribution >= 4 is 51.4 Å². The molecule has 4 heterocycles. The number of hydrogen-bond donors (Lipinski definition) is 2. The van der Waals surface area contributed by atoms with Crippen molar-refractivity contribution in [3.63, 3.8) is 0 Å². The number of imide groups is 1. The lowest BCUT2D eigenvalue weighted by atomic mass is 10.0. The summed E-state index contributed by atoms with van der Waals surface area (Å²) in [6, 6.07) is 1.79. The van der Waals surface area contributed by atoms with Gasteiger partial charge in [0, 0.05) is 11.8 Å². The summed E-state index contributed by atoms with van der Waals surface area (Å²) in [6.07, 6.45) is 11.3. The molecule has 2 aliphatic heterocycles. The number of carbonyl (C=O) groups is 4. The normalized spacial score (nSPS) is 18.8. The lowest BCUT2D eigenvalue weighted by Gasteiger charge is -2.25. The van der Waals surface area contributed by atoms with Gasteiger partial charge in [0.05, 0.1) is 7.11 Å². The van der Waals surface area contributed by atoms with Crippen molar-refractivity contribution in [2.75, 3.05) is 12.4 Å². The number of fused-ring (bicyclic) bond motifs is 1. The van der Waals surface area contributed by atoms with E-state index in [1.165, 1.54) is 31.4 Å². The zero-order valence-electron chi connectivity index (χ0n) is 22.1. The van der Waals surface area contributed by atoms with Gasteiger partial charge in [0.2, 0.25) is 5.91 Å². The number of benzene rings is 1. The van der Waals surface area contributed by atoms with Gasteiger partial charge in [0.25, 0.3) is 5.91 Å². The van der Waals surface area contributed by atoms with E-state index in [1.54, 1.807) is 18.2 Å². The van der Waals surface area contributed by atoms with Gasteiger partial charge >= 0.3 is 12.0 Å². The van der Waals surface area contributed by atoms with Gasteiger partial charge in [-0.1, -0.05) is 24.3 Å². The summed E-state index contributed by atoms with van der Waals surface area (Å²) < 4.78 is 21.4. The molecule has 0 radical (unpaired) electrons. The number of urea groups is 1. The number of nitrogens with one attached hydrogen (secondary N) is 2. The van der Waals surface area contributed by atoms with Gasteiger partial charge < -0.3 is 29.3 Å². The number of rotatable bonds is 8. The predicted molar refractivity (Wildman–Crippen MR) is 148 cm³/mol. The van der Waals surface area contributed by atoms with Crippen LogP contribution in [0.5, 0.6) is 0 Å². The predicted octanol–water partition coefficient (Wildman–Crippen LogP) is 3.55. The second-order valence-corrected chi connectivity index (χ2v) is 10.2. The lowest BCUT2D eigenvalue weighted by molar-refractivity contribution is -0.134. The molecule has 1 fully saturated rings. The van der Waals surface area contributed by atoms with Gasteiger partial charge in [-0.3, -0.25) is 9.59 Å². The molecular formula is C28H23N5O8S. The first-order valence-electron chi connectivity index (χ1n) is 12.8. The number of oxazole rings is 1. The molecule has 1 aromatic carbocycles. The highest BCUT2D eigenvalue weighted by atomic mass is 32.1. The summed E-state index contributed by atoms with van der Waals surface area (Å²) in [7, 11) is 1.22. The van der Waals surface area contributed by atoms with Crippen LogP contribution in [0.15, 0.2) is 82.2 Å². The molecular weight excluding hydrogens is 566 g/mol. The van der Waals surface area contributed by atoms with Crippen LogP contribution in [0, 0.1) is 0 Å². The average molecular weight is 590 g/mol. The fraction of sp³-hybridized carbons (Fsp3) is 0.214. The van der Waals surface area contributed by atoms with Crippen LogP contribution in [0.4, 0.5) is 9.93 Å². The van der Waals surface area contributed by atoms with Gasteiger partial charge in [-0.25, -0.2) is 24.5 Å². The third-order valence-electron chi connectivity index (χ3n) is 6.74. The molecule has 0 saturated carbocycles. The summed E-state index contributed by atoms with van der Waals surface area (Å²) >= 11 is 0.997. The highest BCUT2D eigenvalue weighted by Gasteiger charge is 2.48. The van der Waals surface area contributed by atoms with Crippen LogP contribution in [0.1, 0.15) is 28.9 Å². The number of anilines is 1. The summed E-state index contributed by atoms with van der Waals surface area (Å²) in [5.74, 6) is -1.56. The van der Waals surface area contributed by atoms with Crippen LogP contribution < -0.4 is 10.6 Å². The van der Waals surface area contributed by atoms with E-state index in [9.17, 15) is 19.2 Å². The standard InChI is InChI=1S/C28H23N5O8S/c1-38-26(36)18-13-42-27(30-18)32-24(34)19(10-15-7-8-20-17(9-15)29-14-40-20)33-25(35)23(31-28(33)37)22-12-39-11-21(41-22)16-5-3-2-4-6-16/h2-3,5,7-9,11-14,19,23H,4,6,10H2,1H3,(H,31,37)(H,30,32,34)/t19-,23?/m0/s1. The van der Waals surface area contributed by atoms with Crippen LogP contribution in [-0.4, -0.2) is 57.9 Å². The second kappa shape index (κ2) is 11.3. The largest absolute Gasteiger partial charge is 0.465 e. The number of ether oxygens (including phenoxy) is 3. The number of aromatic nitrogens is 2. The van der Waals surface area contributed by atoms with Crippen molar-refractivity contribution in [3.8, 4) is 0 Å². The Morgan fingerprint density at radius 1 is 1.29 bits per heavy atom. The Balaban J connectivity index is 1.26. The summed E-state index contributed by atoms with van der Waals surface area (Å²) in [5, 5.41) is 6.74. The molecule has 4 amide bonds. The maximum atomic E-state index is 13.7. The molecule has 42 heavy (non-hydrogen) atoms. The van der Waals surface area contributed by atoms with Crippen molar-refractivity contribution in [2.24, 2.45) is 0 Å². The first-order chi connectivity index (χ1) is 20.4. The van der Waals surface area contributed by atoms with Crippen LogP contribution in [0.25, 0.3) is 11.1 Å². The number of allylic oxidation sites excluding steroid dienone is 4. The van der Waals surface area contributed by atoms with E-state index in [0.29, 0.717) is 22.4 Å². The Hall–Kier alpha value is -5.24. The number of nitrogens with zero attached hydrogens (tertiary/aromatic N) is 3. The number of amides is 4. The van der Waals surface area contributed by atoms with Gasteiger partial charge in [-0.05, 0) is 36.1 Å². The quantitative estimate of drug-likeness (QED) is 0.294. The summed E-state index contributed by atoms with van der Waals surface area (Å²) in [6.45, 7) is 0. The Labute approximate surface area is 242 Å². The molecule has 1 saturated heterocycles. The minimum absolute atomic E-state index is 0.00899. The van der Waals surface area contributed by atoms with Crippen molar-refractivity contribution in [3.05, 3.63) is 89.1 Å². The fourth-order valence-electron chi connectivity index (χ4n) is 4.67. The topological polar surface area (TPSA) is 162 Å². The maximum absolute atomic E-state index is 13.7. The molecule has 2 N–H and O–H groups in total. The molecule has 3 aromatic rings. The molecule has 3 aliphatic rings. The van der Waals surface area contributed by atoms with E-state index in [0.717, 1.165) is 34.7 Å². The van der Waals surface area contributed by atoms with Gasteiger partial charge in [-0.2, -0.15) is 0 Å². The smallest absolute Gasteiger partial charge is 0.357 e. The third kappa shape index (κ3) is 5.26. The van der Waals surface area contributed by atoms with E-state index in [4.69, 9.17) is 13.9 Å². The van der Waals surface area contributed by atoms with Crippen molar-refractivity contribution < 1.29 is 37.8 Å². The Bertz CT molecular complexity index is 1720. The molecule has 2 atom stereocenters. The van der Waals surface area contributed by atoms with E-state index >= 15 is 0 Å². The van der Waals surface area contributed by atoms with Gasteiger partial charge in [-0.15, -0.1) is 11.3 Å². The van der Waals surface area contributed by atoms with Gasteiger partial charge in [0.15, 0.2) is 40.4 Å². The molecule has 14 heteroatoms. The molecule has 13 nitrogen and oxygen atoms in total. The van der Waals surface area contributed by atoms with E-state index in [-0.39, 0.29) is 23.0 Å². The Kier molecular flexibility index (Phi) is 7.27. The first kappa shape index (κ1) is 27.0. The number of methoxy groups -OCH3 is 1. The Morgan fingerprint density at radius 2 is 2.17 bits per heavy atom. The van der Waals surface area contributed by atoms with Gasteiger partial charge in [0.1, 0.15) is 24.1 Å². The average Bonchev–Trinajstić information content (AvgIpc) is 3.75. The van der Waals surface area contributed by atoms with Crippen LogP contribution in [0.2, 0.25) is 0 Å². The molecule has 6 rings (SSSR count). The van der Waals surface area contributed by atoms with E-state index in [2.05, 4.69) is 25.3 Å². The maximum Gasteiger partial charge on any atom is 0.357 e. The lowest BCUT2D eigenvalue weighted by Crippen LogP contribution is -2.49. The van der Waals surface area contributed by atoms with Crippen LogP contribution in [-0.2, 0) is 30.2 Å². The third-order valence-corrected chi connectivity index (χ3v) is 7.50. The Morgan fingerprint density at radius 3 is 2.98 bits per heavy atom. The molecule has 1 aliphatic carbocycles. The zero-order valence-corrected chi connectivity index (χ0v) is 22.9. The summed E-state index contributed by atoms with van der Waals surface area (Å²) in [4.78, 5) is 61.5. The highest BCUT2D eigenvalue weighted by Crippen LogP contribution is 2.30. The van der Waals surface area contributed by atoms with Crippen molar-refractivity contribution in [1.82, 2.24) is 20.2 Å². The molecule has 0 bridgehead atoms. The van der Waals surface area contributed by atoms with Crippen LogP contribution in [0.3, 0.4) is 0 Å². The number of thiazole rings is 1. The molecule has 214 valence electrons. The first-order valence-corrected chi connectivity index (χ1v) is 13.7.